The van der Waals surface area contributed by atoms with E-state index in [2.05, 4.69) is 10.6 Å². The zero-order valence-electron chi connectivity index (χ0n) is 26.9. The zero-order chi connectivity index (χ0) is 34.6. The Morgan fingerprint density at radius 2 is 1.29 bits per heavy atom. The fraction of sp³-hybridized carbons (Fsp3) is 0.529. The second kappa shape index (κ2) is 22.2. The van der Waals surface area contributed by atoms with E-state index in [1.165, 1.54) is 11.8 Å². The van der Waals surface area contributed by atoms with Crippen LogP contribution in [0.15, 0.2) is 60.7 Å². The number of benzene rings is 2. The highest BCUT2D eigenvalue weighted by Gasteiger charge is 2.45. The van der Waals surface area contributed by atoms with Crippen LogP contribution in [0.1, 0.15) is 62.5 Å². The molecule has 0 saturated carbocycles. The van der Waals surface area contributed by atoms with Crippen molar-refractivity contribution >= 4 is 47.6 Å². The van der Waals surface area contributed by atoms with Gasteiger partial charge in [-0.15, -0.1) is 0 Å². The Morgan fingerprint density at radius 1 is 0.750 bits per heavy atom. The number of hydrogen-bond acceptors (Lipinski definition) is 10. The van der Waals surface area contributed by atoms with Crippen molar-refractivity contribution in [2.24, 2.45) is 0 Å². The molecule has 12 nitrogen and oxygen atoms in total. The summed E-state index contributed by atoms with van der Waals surface area (Å²) < 4.78 is 15.8. The third kappa shape index (κ3) is 16.6. The molecular weight excluding hydrogens is 661 g/mol. The minimum Gasteiger partial charge on any atom is -0.481 e. The Hall–Kier alpha value is -3.46. The van der Waals surface area contributed by atoms with Gasteiger partial charge in [0, 0.05) is 28.9 Å². The molecule has 5 N–H and O–H groups in total. The number of hydrogen-bond donors (Lipinski definition) is 5. The molecule has 14 heteroatoms. The van der Waals surface area contributed by atoms with Crippen LogP contribution in [0.25, 0.3) is 0 Å². The van der Waals surface area contributed by atoms with Crippen LogP contribution in [-0.4, -0.2) is 86.4 Å². The van der Waals surface area contributed by atoms with Gasteiger partial charge in [-0.2, -0.15) is 23.5 Å². The van der Waals surface area contributed by atoms with E-state index in [4.69, 9.17) is 19.3 Å². The third-order valence-electron chi connectivity index (χ3n) is 7.48. The van der Waals surface area contributed by atoms with E-state index in [-0.39, 0.29) is 30.6 Å². The monoisotopic (exact) mass is 706 g/mol. The second-order valence-corrected chi connectivity index (χ2v) is 13.9. The first-order valence-corrected chi connectivity index (χ1v) is 18.3. The minimum absolute atomic E-state index is 0.0266. The summed E-state index contributed by atoms with van der Waals surface area (Å²) in [5.74, 6) is -0.779. The lowest BCUT2D eigenvalue weighted by atomic mass is 10.1. The molecule has 5 atom stereocenters. The van der Waals surface area contributed by atoms with Gasteiger partial charge in [-0.25, -0.2) is 14.4 Å². The van der Waals surface area contributed by atoms with Gasteiger partial charge in [0.1, 0.15) is 25.4 Å². The van der Waals surface area contributed by atoms with Crippen LogP contribution in [0, 0.1) is 0 Å². The molecule has 0 radical (unpaired) electrons. The quantitative estimate of drug-likeness (QED) is 0.0691. The number of carboxylic acids is 2. The maximum absolute atomic E-state index is 12.6. The van der Waals surface area contributed by atoms with Crippen molar-refractivity contribution < 1.29 is 48.7 Å². The lowest BCUT2D eigenvalue weighted by Gasteiger charge is -2.22. The normalized spacial score (nSPS) is 17.0. The van der Waals surface area contributed by atoms with Crippen molar-refractivity contribution in [3.63, 3.8) is 0 Å². The number of unbranched alkanes of at least 4 members (excludes halogenated alkanes) is 5. The molecular formula is C34H46N2O10S2. The number of thioether (sulfide) groups is 2. The number of carboxylic acid groups (broad SMARTS) is 2. The largest absolute Gasteiger partial charge is 0.481 e. The highest BCUT2D eigenvalue weighted by atomic mass is 32.2. The number of rotatable bonds is 24. The smallest absolute Gasteiger partial charge is 0.408 e. The molecule has 48 heavy (non-hydrogen) atoms. The molecule has 2 amide bonds. The summed E-state index contributed by atoms with van der Waals surface area (Å²) >= 11 is 3.01. The van der Waals surface area contributed by atoms with Crippen LogP contribution in [0.3, 0.4) is 0 Å². The van der Waals surface area contributed by atoms with Crippen molar-refractivity contribution in [3.05, 3.63) is 71.8 Å². The molecule has 0 spiro atoms. The third-order valence-corrected chi connectivity index (χ3v) is 10.3. The van der Waals surface area contributed by atoms with E-state index >= 15 is 0 Å². The second-order valence-electron chi connectivity index (χ2n) is 11.4. The van der Waals surface area contributed by atoms with Gasteiger partial charge >= 0.3 is 24.1 Å². The number of epoxide rings is 1. The van der Waals surface area contributed by atoms with Crippen LogP contribution < -0.4 is 10.6 Å². The molecule has 1 aliphatic heterocycles. The summed E-state index contributed by atoms with van der Waals surface area (Å²) in [7, 11) is 0. The standard InChI is InChI=1S/C34H46N2O10S2/c37-29(38)18-12-4-2-1-3-11-17-26(21-47-22-28(31(39)40)36-34(43)45-20-25-15-9-6-10-16-25)48-23-27(30-32(41)46-30)35-33(42)44-19-24-13-7-5-8-14-24/h5-10,13-16,26-28,30,32,41H,1-4,11-12,17-23H2,(H,35,42)(H,36,43)(H,37,38)(H,39,40)/t26?,27-,28-,30?,32?/m0/s1. The maximum atomic E-state index is 12.6. The van der Waals surface area contributed by atoms with Gasteiger partial charge in [0.2, 0.25) is 0 Å². The number of ether oxygens (including phenoxy) is 3. The van der Waals surface area contributed by atoms with Crippen molar-refractivity contribution in [2.45, 2.75) is 94.3 Å². The minimum atomic E-state index is -1.16. The van der Waals surface area contributed by atoms with Crippen LogP contribution >= 0.6 is 23.5 Å². The molecule has 264 valence electrons. The van der Waals surface area contributed by atoms with E-state index in [0.29, 0.717) is 17.9 Å². The number of carbonyl (C=O) groups is 4. The van der Waals surface area contributed by atoms with Gasteiger partial charge in [-0.05, 0) is 24.0 Å². The average Bonchev–Trinajstić information content (AvgIpc) is 3.81. The summed E-state index contributed by atoms with van der Waals surface area (Å²) in [6, 6.07) is 16.7. The van der Waals surface area contributed by atoms with E-state index in [0.717, 1.165) is 49.7 Å². The lowest BCUT2D eigenvalue weighted by molar-refractivity contribution is -0.139. The van der Waals surface area contributed by atoms with Gasteiger partial charge in [-0.3, -0.25) is 4.79 Å². The summed E-state index contributed by atoms with van der Waals surface area (Å²) in [5, 5.41) is 33.8. The lowest BCUT2D eigenvalue weighted by Crippen LogP contribution is -2.43. The zero-order valence-corrected chi connectivity index (χ0v) is 28.5. The number of aliphatic hydroxyl groups excluding tert-OH is 1. The van der Waals surface area contributed by atoms with Crippen LogP contribution in [0.2, 0.25) is 0 Å². The first kappa shape index (κ1) is 39.0. The highest BCUT2D eigenvalue weighted by Crippen LogP contribution is 2.29. The Morgan fingerprint density at radius 3 is 1.83 bits per heavy atom. The average molecular weight is 707 g/mol. The molecule has 0 aromatic heterocycles. The Labute approximate surface area is 289 Å². The fourth-order valence-electron chi connectivity index (χ4n) is 4.75. The molecule has 1 fully saturated rings. The molecule has 3 unspecified atom stereocenters. The first-order chi connectivity index (χ1) is 23.2. The summed E-state index contributed by atoms with van der Waals surface area (Å²) in [6.07, 6.45) is 3.44. The Bertz CT molecular complexity index is 1260. The molecule has 1 saturated heterocycles. The number of aliphatic hydroxyl groups is 1. The van der Waals surface area contributed by atoms with Gasteiger partial charge < -0.3 is 40.2 Å². The molecule has 2 aromatic carbocycles. The number of amides is 2. The predicted molar refractivity (Wildman–Crippen MR) is 184 cm³/mol. The van der Waals surface area contributed by atoms with E-state index < -0.39 is 48.6 Å². The van der Waals surface area contributed by atoms with Crippen LogP contribution in [-0.2, 0) is 37.0 Å². The predicted octanol–water partition coefficient (Wildman–Crippen LogP) is 5.42. The molecule has 0 bridgehead atoms. The fourth-order valence-corrected chi connectivity index (χ4v) is 7.54. The topological polar surface area (TPSA) is 184 Å². The summed E-state index contributed by atoms with van der Waals surface area (Å²) in [5.41, 5.74) is 1.63. The Kier molecular flexibility index (Phi) is 18.1. The molecule has 1 heterocycles. The van der Waals surface area contributed by atoms with E-state index in [1.54, 1.807) is 23.9 Å². The van der Waals surface area contributed by atoms with E-state index in [9.17, 15) is 29.4 Å². The van der Waals surface area contributed by atoms with Crippen molar-refractivity contribution in [3.8, 4) is 0 Å². The number of nitrogens with one attached hydrogen (secondary N) is 2. The molecule has 0 aliphatic carbocycles. The molecule has 1 aliphatic rings. The molecule has 2 aromatic rings. The number of alkyl carbamates (subject to hydrolysis) is 2. The van der Waals surface area contributed by atoms with Crippen LogP contribution in [0.5, 0.6) is 0 Å². The SMILES string of the molecule is O=C(O)CCCCCCCCC(CSC[C@H](NC(=O)OCc1ccccc1)C(=O)O)SC[C@H](NC(=O)OCc1ccccc1)C1OC1O. The number of aliphatic carboxylic acids is 2. The van der Waals surface area contributed by atoms with Gasteiger partial charge in [0.25, 0.3) is 0 Å². The first-order valence-electron chi connectivity index (χ1n) is 16.1. The van der Waals surface area contributed by atoms with E-state index in [1.807, 2.05) is 48.5 Å². The van der Waals surface area contributed by atoms with Gasteiger partial charge in [-0.1, -0.05) is 92.8 Å². The highest BCUT2D eigenvalue weighted by molar-refractivity contribution is 8.03. The summed E-state index contributed by atoms with van der Waals surface area (Å²) in [4.78, 5) is 47.5. The maximum Gasteiger partial charge on any atom is 0.408 e. The van der Waals surface area contributed by atoms with Gasteiger partial charge in [0.15, 0.2) is 6.29 Å². The van der Waals surface area contributed by atoms with Crippen molar-refractivity contribution in [1.82, 2.24) is 10.6 Å². The van der Waals surface area contributed by atoms with Gasteiger partial charge in [0.05, 0.1) is 6.04 Å². The number of carbonyl (C=O) groups excluding carboxylic acids is 2. The Balaban J connectivity index is 1.49. The molecule has 3 rings (SSSR count). The van der Waals surface area contributed by atoms with Crippen molar-refractivity contribution in [1.29, 1.82) is 0 Å². The summed E-state index contributed by atoms with van der Waals surface area (Å²) in [6.45, 7) is 0.133. The van der Waals surface area contributed by atoms with Crippen LogP contribution in [0.4, 0.5) is 9.59 Å². The van der Waals surface area contributed by atoms with Crippen molar-refractivity contribution in [2.75, 3.05) is 17.3 Å².